The van der Waals surface area contributed by atoms with Gasteiger partial charge in [-0.25, -0.2) is 0 Å². The van der Waals surface area contributed by atoms with Crippen molar-refractivity contribution in [1.29, 1.82) is 0 Å². The lowest BCUT2D eigenvalue weighted by Gasteiger charge is -2.51. The lowest BCUT2D eigenvalue weighted by Crippen LogP contribution is -2.66. The highest BCUT2D eigenvalue weighted by atomic mass is 16.5. The summed E-state index contributed by atoms with van der Waals surface area (Å²) in [6.45, 7) is 23.3. The summed E-state index contributed by atoms with van der Waals surface area (Å²) in [5.74, 6) is -1.97. The van der Waals surface area contributed by atoms with Crippen molar-refractivity contribution in [2.45, 2.75) is 104 Å². The van der Waals surface area contributed by atoms with Gasteiger partial charge in [-0.05, 0) is 62.8 Å². The molecule has 34 heavy (non-hydrogen) atoms. The van der Waals surface area contributed by atoms with Crippen molar-refractivity contribution in [1.82, 2.24) is 10.2 Å². The van der Waals surface area contributed by atoms with Gasteiger partial charge in [0.15, 0.2) is 0 Å². The maximum absolute atomic E-state index is 11.4. The summed E-state index contributed by atoms with van der Waals surface area (Å²) >= 11 is 0. The number of hydrogen-bond donors (Lipinski definition) is 3. The number of carbonyl (C=O) groups is 2. The third-order valence-corrected chi connectivity index (χ3v) is 6.48. The summed E-state index contributed by atoms with van der Waals surface area (Å²) in [6, 6.07) is 3.77. The predicted molar refractivity (Wildman–Crippen MR) is 136 cm³/mol. The van der Waals surface area contributed by atoms with Crippen molar-refractivity contribution in [2.75, 3.05) is 20.1 Å². The fourth-order valence-corrected chi connectivity index (χ4v) is 3.87. The molecule has 1 aliphatic rings. The third kappa shape index (κ3) is 8.27. The first kappa shape index (κ1) is 29.9. The minimum Gasteiger partial charge on any atom is -0.507 e. The molecule has 3 N–H and O–H groups in total. The Hall–Kier alpha value is -2.12. The van der Waals surface area contributed by atoms with Crippen LogP contribution in [-0.2, 0) is 31.8 Å². The minimum absolute atomic E-state index is 0.0913. The molecule has 1 aromatic carbocycles. The largest absolute Gasteiger partial charge is 0.507 e. The topological polar surface area (TPSA) is 99.1 Å². The van der Waals surface area contributed by atoms with Gasteiger partial charge in [0.05, 0.1) is 0 Å². The minimum atomic E-state index is -1.24. The van der Waals surface area contributed by atoms with Crippen molar-refractivity contribution >= 4 is 11.9 Å². The Morgan fingerprint density at radius 3 is 1.88 bits per heavy atom. The maximum Gasteiger partial charge on any atom is 0.317 e. The molecule has 1 saturated heterocycles. The summed E-state index contributed by atoms with van der Waals surface area (Å²) in [4.78, 5) is 24.4. The van der Waals surface area contributed by atoms with Crippen LogP contribution in [0.3, 0.4) is 0 Å². The summed E-state index contributed by atoms with van der Waals surface area (Å²) in [5, 5.41) is 22.5. The number of phenols is 1. The predicted octanol–water partition coefficient (Wildman–Crippen LogP) is 4.58. The fourth-order valence-electron chi connectivity index (χ4n) is 3.87. The van der Waals surface area contributed by atoms with E-state index in [0.29, 0.717) is 16.6 Å². The standard InChI is InChI=1S/C18H26O5.C9H20N2/c1-17(2,3)12-7-11(10-23-15(21)9-14(19)20)16(22)13(8-12)18(4,5)6;1-8(2)6-10-7-9(3,4)11(8)5/h7-8,22H,9-10H2,1-6H3,(H,19,20);10H,6-7H2,1-5H3. The highest BCUT2D eigenvalue weighted by Crippen LogP contribution is 2.38. The normalized spacial score (nSPS) is 18.0. The Morgan fingerprint density at radius 2 is 1.50 bits per heavy atom. The van der Waals surface area contributed by atoms with Gasteiger partial charge in [-0.3, -0.25) is 14.5 Å². The molecule has 7 nitrogen and oxygen atoms in total. The second kappa shape index (κ2) is 10.6. The number of ether oxygens (including phenoxy) is 1. The molecule has 1 heterocycles. The van der Waals surface area contributed by atoms with Gasteiger partial charge in [0.2, 0.25) is 0 Å². The molecule has 0 unspecified atom stereocenters. The molecule has 0 aromatic heterocycles. The van der Waals surface area contributed by atoms with Crippen LogP contribution in [0.1, 0.15) is 92.3 Å². The molecule has 7 heteroatoms. The Kier molecular flexibility index (Phi) is 9.37. The third-order valence-electron chi connectivity index (χ3n) is 6.48. The SMILES string of the molecule is CC(C)(C)c1cc(COC(=O)CC(=O)O)c(O)c(C(C)(C)C)c1.CN1C(C)(C)CNCC1(C)C. The highest BCUT2D eigenvalue weighted by molar-refractivity contribution is 5.90. The molecular formula is C27H46N2O5. The second-order valence-corrected chi connectivity index (χ2v) is 12.6. The number of aliphatic carboxylic acids is 1. The lowest BCUT2D eigenvalue weighted by atomic mass is 9.79. The van der Waals surface area contributed by atoms with Gasteiger partial charge >= 0.3 is 11.9 Å². The van der Waals surface area contributed by atoms with Gasteiger partial charge in [-0.2, -0.15) is 0 Å². The average Bonchev–Trinajstić information content (AvgIpc) is 2.63. The van der Waals surface area contributed by atoms with E-state index in [1.54, 1.807) is 6.07 Å². The number of rotatable bonds is 4. The van der Waals surface area contributed by atoms with E-state index in [-0.39, 0.29) is 23.2 Å². The molecule has 1 fully saturated rings. The molecule has 1 aliphatic heterocycles. The van der Waals surface area contributed by atoms with Crippen LogP contribution in [0, 0.1) is 0 Å². The van der Waals surface area contributed by atoms with Crippen LogP contribution in [0.4, 0.5) is 0 Å². The van der Waals surface area contributed by atoms with Gasteiger partial charge in [0, 0.05) is 29.7 Å². The summed E-state index contributed by atoms with van der Waals surface area (Å²) in [5.41, 5.74) is 2.46. The van der Waals surface area contributed by atoms with Crippen LogP contribution in [0.15, 0.2) is 12.1 Å². The second-order valence-electron chi connectivity index (χ2n) is 12.6. The molecule has 194 valence electrons. The van der Waals surface area contributed by atoms with Crippen LogP contribution < -0.4 is 5.32 Å². The number of benzene rings is 1. The molecule has 2 rings (SSSR count). The molecule has 0 atom stereocenters. The molecule has 0 spiro atoms. The van der Waals surface area contributed by atoms with E-state index in [1.807, 2.05) is 26.8 Å². The zero-order valence-electron chi connectivity index (χ0n) is 23.0. The van der Waals surface area contributed by atoms with E-state index in [9.17, 15) is 14.7 Å². The number of hydrogen-bond acceptors (Lipinski definition) is 6. The number of nitrogens with one attached hydrogen (secondary N) is 1. The van der Waals surface area contributed by atoms with Gasteiger partial charge in [-0.1, -0.05) is 47.6 Å². The molecule has 0 amide bonds. The molecule has 0 bridgehead atoms. The molecule has 0 saturated carbocycles. The molecule has 0 aliphatic carbocycles. The van der Waals surface area contributed by atoms with Crippen molar-refractivity contribution in [3.63, 3.8) is 0 Å². The zero-order valence-corrected chi connectivity index (χ0v) is 23.0. The Balaban J connectivity index is 0.000000437. The number of carbonyl (C=O) groups excluding carboxylic acids is 1. The van der Waals surface area contributed by atoms with Crippen LogP contribution in [0.2, 0.25) is 0 Å². The summed E-state index contributed by atoms with van der Waals surface area (Å²) < 4.78 is 4.98. The Labute approximate surface area is 205 Å². The number of carboxylic acid groups (broad SMARTS) is 1. The quantitative estimate of drug-likeness (QED) is 0.430. The molecule has 0 radical (unpaired) electrons. The van der Waals surface area contributed by atoms with E-state index >= 15 is 0 Å². The summed E-state index contributed by atoms with van der Waals surface area (Å²) in [7, 11) is 2.21. The van der Waals surface area contributed by atoms with Crippen LogP contribution in [0.5, 0.6) is 5.75 Å². The number of piperazine rings is 1. The highest BCUT2D eigenvalue weighted by Gasteiger charge is 2.38. The monoisotopic (exact) mass is 478 g/mol. The van der Waals surface area contributed by atoms with E-state index in [4.69, 9.17) is 9.84 Å². The van der Waals surface area contributed by atoms with Crippen molar-refractivity contribution in [3.8, 4) is 5.75 Å². The van der Waals surface area contributed by atoms with E-state index < -0.39 is 18.4 Å². The fraction of sp³-hybridized carbons (Fsp3) is 0.704. The number of carboxylic acids is 1. The maximum atomic E-state index is 11.4. The van der Waals surface area contributed by atoms with Crippen LogP contribution in [0.25, 0.3) is 0 Å². The van der Waals surface area contributed by atoms with Gasteiger partial charge < -0.3 is 20.3 Å². The van der Waals surface area contributed by atoms with Crippen LogP contribution >= 0.6 is 0 Å². The van der Waals surface area contributed by atoms with Crippen molar-refractivity contribution in [2.24, 2.45) is 0 Å². The Morgan fingerprint density at radius 1 is 1.00 bits per heavy atom. The summed E-state index contributed by atoms with van der Waals surface area (Å²) in [6.07, 6.45) is -0.689. The number of esters is 1. The van der Waals surface area contributed by atoms with Gasteiger partial charge in [0.25, 0.3) is 0 Å². The lowest BCUT2D eigenvalue weighted by molar-refractivity contribution is -0.152. The van der Waals surface area contributed by atoms with Gasteiger partial charge in [-0.15, -0.1) is 0 Å². The smallest absolute Gasteiger partial charge is 0.317 e. The van der Waals surface area contributed by atoms with E-state index in [0.717, 1.165) is 24.2 Å². The molecular weight excluding hydrogens is 432 g/mol. The first-order chi connectivity index (χ1) is 15.2. The van der Waals surface area contributed by atoms with Crippen LogP contribution in [-0.4, -0.2) is 58.3 Å². The van der Waals surface area contributed by atoms with E-state index in [2.05, 4.69) is 65.7 Å². The Bertz CT molecular complexity index is 860. The van der Waals surface area contributed by atoms with Gasteiger partial charge in [0.1, 0.15) is 18.8 Å². The number of phenolic OH excluding ortho intramolecular Hbond substituents is 1. The average molecular weight is 479 g/mol. The first-order valence-corrected chi connectivity index (χ1v) is 11.9. The van der Waals surface area contributed by atoms with Crippen molar-refractivity contribution < 1.29 is 24.5 Å². The number of aromatic hydroxyl groups is 1. The van der Waals surface area contributed by atoms with Crippen molar-refractivity contribution in [3.05, 3.63) is 28.8 Å². The van der Waals surface area contributed by atoms with E-state index in [1.165, 1.54) is 0 Å². The number of nitrogens with zero attached hydrogens (tertiary/aromatic N) is 1. The first-order valence-electron chi connectivity index (χ1n) is 11.9. The zero-order chi connectivity index (χ0) is 26.7. The molecule has 1 aromatic rings. The number of likely N-dealkylation sites (N-methyl/N-ethyl adjacent to an activating group) is 1.